The molecule has 4 aromatic rings. The van der Waals surface area contributed by atoms with Crippen molar-refractivity contribution in [2.45, 2.75) is 26.3 Å². The molecule has 2 aromatic heterocycles. The van der Waals surface area contributed by atoms with Crippen molar-refractivity contribution >= 4 is 39.3 Å². The summed E-state index contributed by atoms with van der Waals surface area (Å²) in [5.74, 6) is 0.00901. The fourth-order valence-corrected chi connectivity index (χ4v) is 3.78. The van der Waals surface area contributed by atoms with Gasteiger partial charge in [0.15, 0.2) is 5.82 Å². The summed E-state index contributed by atoms with van der Waals surface area (Å²) < 4.78 is 15.2. The van der Waals surface area contributed by atoms with Gasteiger partial charge in [-0.05, 0) is 36.8 Å². The number of pyridine rings is 1. The van der Waals surface area contributed by atoms with Crippen LogP contribution in [0.1, 0.15) is 19.0 Å². The van der Waals surface area contributed by atoms with E-state index in [1.807, 2.05) is 28.9 Å². The Morgan fingerprint density at radius 2 is 1.90 bits per heavy atom. The Kier molecular flexibility index (Phi) is 5.22. The Hall–Kier alpha value is -3.68. The molecule has 0 spiro atoms. The number of carbonyl (C=O) groups excluding carboxylic acids is 1. The highest BCUT2D eigenvalue weighted by molar-refractivity contribution is 6.09. The predicted octanol–water partition coefficient (Wildman–Crippen LogP) is 3.84. The van der Waals surface area contributed by atoms with Gasteiger partial charge < -0.3 is 11.5 Å². The van der Waals surface area contributed by atoms with Gasteiger partial charge in [-0.15, -0.1) is 0 Å². The van der Waals surface area contributed by atoms with E-state index >= 15 is 0 Å². The first kappa shape index (κ1) is 19.6. The monoisotopic (exact) mass is 406 g/mol. The second-order valence-corrected chi connectivity index (χ2v) is 7.12. The predicted molar refractivity (Wildman–Crippen MR) is 117 cm³/mol. The molecule has 0 aliphatic rings. The van der Waals surface area contributed by atoms with Gasteiger partial charge in [0.1, 0.15) is 11.3 Å². The molecule has 0 saturated carbocycles. The number of nitrogens with two attached hydrogens (primary N) is 2. The lowest BCUT2D eigenvalue weighted by Crippen LogP contribution is -2.37. The smallest absolute Gasteiger partial charge is 0.319 e. The highest BCUT2D eigenvalue weighted by atomic mass is 19.1. The van der Waals surface area contributed by atoms with Crippen molar-refractivity contribution in [1.29, 1.82) is 0 Å². The Balaban J connectivity index is 1.79. The molecule has 2 aromatic carbocycles. The number of nitrogen functional groups attached to an aromatic ring is 1. The van der Waals surface area contributed by atoms with Gasteiger partial charge >= 0.3 is 6.03 Å². The topological polar surface area (TPSA) is 103 Å². The van der Waals surface area contributed by atoms with Crippen LogP contribution in [0.3, 0.4) is 0 Å². The van der Waals surface area contributed by atoms with Crippen LogP contribution >= 0.6 is 0 Å². The van der Waals surface area contributed by atoms with Gasteiger partial charge in [0.25, 0.3) is 0 Å². The van der Waals surface area contributed by atoms with E-state index in [0.29, 0.717) is 36.5 Å². The minimum Gasteiger partial charge on any atom is -0.382 e. The third-order valence-corrected chi connectivity index (χ3v) is 5.13. The van der Waals surface area contributed by atoms with Gasteiger partial charge in [0, 0.05) is 41.7 Å². The molecular formula is C22H23FN6O. The highest BCUT2D eigenvalue weighted by Gasteiger charge is 2.20. The number of rotatable bonds is 6. The quantitative estimate of drug-likeness (QED) is 0.508. The lowest BCUT2D eigenvalue weighted by Gasteiger charge is -2.21. The minimum atomic E-state index is -0.599. The van der Waals surface area contributed by atoms with Crippen LogP contribution in [0.25, 0.3) is 21.8 Å². The number of nitrogens with zero attached hydrogens (tertiary/aromatic N) is 4. The number of carbonyl (C=O) groups is 1. The van der Waals surface area contributed by atoms with Crippen molar-refractivity contribution < 1.29 is 9.18 Å². The third-order valence-electron chi connectivity index (χ3n) is 5.13. The fourth-order valence-electron chi connectivity index (χ4n) is 3.78. The SMILES string of the molecule is CCCn1nc2c(N)nc3ccccc3c2c1CCN(C(N)=O)c1ccc(F)cc1. The standard InChI is InChI=1S/C22H23FN6O/c1-2-12-29-18(11-13-28(22(25)30)15-9-7-14(23)8-10-15)19-16-5-3-4-6-17(16)26-21(24)20(19)27-29/h3-10H,2,11-13H2,1H3,(H2,24,26)(H2,25,30). The average molecular weight is 406 g/mol. The van der Waals surface area contributed by atoms with E-state index in [2.05, 4.69) is 11.9 Å². The van der Waals surface area contributed by atoms with Crippen LogP contribution in [-0.4, -0.2) is 27.3 Å². The van der Waals surface area contributed by atoms with Crippen molar-refractivity contribution in [3.05, 3.63) is 60.0 Å². The fraction of sp³-hybridized carbons (Fsp3) is 0.227. The zero-order chi connectivity index (χ0) is 21.3. The summed E-state index contributed by atoms with van der Waals surface area (Å²) in [5.41, 5.74) is 14.8. The molecule has 2 amide bonds. The van der Waals surface area contributed by atoms with E-state index in [-0.39, 0.29) is 5.82 Å². The van der Waals surface area contributed by atoms with Crippen molar-refractivity contribution in [2.75, 3.05) is 17.2 Å². The molecule has 30 heavy (non-hydrogen) atoms. The van der Waals surface area contributed by atoms with Crippen molar-refractivity contribution in [2.24, 2.45) is 5.73 Å². The first-order valence-corrected chi connectivity index (χ1v) is 9.85. The first-order chi connectivity index (χ1) is 14.5. The summed E-state index contributed by atoms with van der Waals surface area (Å²) in [4.78, 5) is 18.0. The minimum absolute atomic E-state index is 0.321. The van der Waals surface area contributed by atoms with Crippen LogP contribution in [0.4, 0.5) is 20.7 Å². The van der Waals surface area contributed by atoms with E-state index < -0.39 is 6.03 Å². The summed E-state index contributed by atoms with van der Waals surface area (Å²) in [6, 6.07) is 12.9. The van der Waals surface area contributed by atoms with Crippen molar-refractivity contribution in [3.63, 3.8) is 0 Å². The van der Waals surface area contributed by atoms with E-state index in [1.165, 1.54) is 17.0 Å². The Labute approximate surface area is 173 Å². The Morgan fingerprint density at radius 3 is 2.60 bits per heavy atom. The molecule has 0 fully saturated rings. The Bertz CT molecular complexity index is 1220. The van der Waals surface area contributed by atoms with E-state index in [4.69, 9.17) is 16.6 Å². The summed E-state index contributed by atoms with van der Waals surface area (Å²) in [6.07, 6.45) is 1.40. The first-order valence-electron chi connectivity index (χ1n) is 9.85. The second kappa shape index (κ2) is 7.98. The number of urea groups is 1. The summed E-state index contributed by atoms with van der Waals surface area (Å²) in [5, 5.41) is 6.61. The van der Waals surface area contributed by atoms with E-state index in [1.54, 1.807) is 12.1 Å². The van der Waals surface area contributed by atoms with Gasteiger partial charge in [0.05, 0.1) is 5.52 Å². The van der Waals surface area contributed by atoms with E-state index in [0.717, 1.165) is 28.4 Å². The third kappa shape index (κ3) is 3.52. The van der Waals surface area contributed by atoms with Crippen LogP contribution in [0.2, 0.25) is 0 Å². The van der Waals surface area contributed by atoms with Gasteiger partial charge in [-0.25, -0.2) is 14.2 Å². The number of amides is 2. The normalized spacial score (nSPS) is 11.3. The molecule has 4 rings (SSSR count). The molecule has 0 saturated heterocycles. The number of anilines is 2. The number of halogens is 1. The maximum atomic E-state index is 13.3. The van der Waals surface area contributed by atoms with Crippen LogP contribution in [0.5, 0.6) is 0 Å². The molecule has 4 N–H and O–H groups in total. The number of aryl methyl sites for hydroxylation is 1. The number of hydrogen-bond donors (Lipinski definition) is 2. The molecule has 8 heteroatoms. The number of aromatic nitrogens is 3. The van der Waals surface area contributed by atoms with Gasteiger partial charge in [0.2, 0.25) is 0 Å². The zero-order valence-electron chi connectivity index (χ0n) is 16.7. The lowest BCUT2D eigenvalue weighted by atomic mass is 10.1. The van der Waals surface area contributed by atoms with Gasteiger partial charge in [-0.1, -0.05) is 25.1 Å². The maximum absolute atomic E-state index is 13.3. The van der Waals surface area contributed by atoms with Crippen LogP contribution in [0, 0.1) is 5.82 Å². The van der Waals surface area contributed by atoms with Crippen LogP contribution in [-0.2, 0) is 13.0 Å². The van der Waals surface area contributed by atoms with Gasteiger partial charge in [-0.2, -0.15) is 5.10 Å². The molecular weight excluding hydrogens is 383 g/mol. The summed E-state index contributed by atoms with van der Waals surface area (Å²) >= 11 is 0. The number of fused-ring (bicyclic) bond motifs is 3. The van der Waals surface area contributed by atoms with Crippen LogP contribution < -0.4 is 16.4 Å². The summed E-state index contributed by atoms with van der Waals surface area (Å²) in [7, 11) is 0. The molecule has 0 radical (unpaired) electrons. The van der Waals surface area contributed by atoms with Gasteiger partial charge in [-0.3, -0.25) is 9.58 Å². The molecule has 0 aliphatic carbocycles. The second-order valence-electron chi connectivity index (χ2n) is 7.12. The zero-order valence-corrected chi connectivity index (χ0v) is 16.7. The summed E-state index contributed by atoms with van der Waals surface area (Å²) in [6.45, 7) is 3.11. The highest BCUT2D eigenvalue weighted by Crippen LogP contribution is 2.31. The molecule has 2 heterocycles. The molecule has 0 bridgehead atoms. The largest absolute Gasteiger partial charge is 0.382 e. The number of benzene rings is 2. The molecule has 154 valence electrons. The average Bonchev–Trinajstić information content (AvgIpc) is 3.09. The number of primary amides is 1. The Morgan fingerprint density at radius 1 is 1.17 bits per heavy atom. The maximum Gasteiger partial charge on any atom is 0.319 e. The lowest BCUT2D eigenvalue weighted by molar-refractivity contribution is 0.254. The molecule has 0 unspecified atom stereocenters. The van der Waals surface area contributed by atoms with Crippen molar-refractivity contribution in [1.82, 2.24) is 14.8 Å². The molecule has 7 nitrogen and oxygen atoms in total. The van der Waals surface area contributed by atoms with Crippen LogP contribution in [0.15, 0.2) is 48.5 Å². The number of para-hydroxylation sites is 1. The molecule has 0 aliphatic heterocycles. The molecule has 0 atom stereocenters. The van der Waals surface area contributed by atoms with Crippen molar-refractivity contribution in [3.8, 4) is 0 Å². The van der Waals surface area contributed by atoms with E-state index in [9.17, 15) is 9.18 Å². The number of hydrogen-bond acceptors (Lipinski definition) is 4.